The summed E-state index contributed by atoms with van der Waals surface area (Å²) in [5, 5.41) is 2.22. The van der Waals surface area contributed by atoms with E-state index in [1.54, 1.807) is 0 Å². The first-order chi connectivity index (χ1) is 10.3. The van der Waals surface area contributed by atoms with Crippen LogP contribution in [0.15, 0.2) is 0 Å². The lowest BCUT2D eigenvalue weighted by Gasteiger charge is -2.40. The Bertz CT molecular complexity index is 375. The second-order valence-corrected chi connectivity index (χ2v) is 6.24. The van der Waals surface area contributed by atoms with Crippen molar-refractivity contribution in [1.29, 1.82) is 0 Å². The van der Waals surface area contributed by atoms with Crippen LogP contribution < -0.4 is 5.32 Å². The van der Waals surface area contributed by atoms with E-state index < -0.39 is 23.7 Å². The van der Waals surface area contributed by atoms with Crippen LogP contribution in [0.5, 0.6) is 0 Å². The number of nitrogens with one attached hydrogen (secondary N) is 1. The van der Waals surface area contributed by atoms with E-state index in [1.807, 2.05) is 0 Å². The molecule has 1 amide bonds. The molecule has 1 aliphatic carbocycles. The van der Waals surface area contributed by atoms with E-state index in [-0.39, 0.29) is 25.6 Å². The van der Waals surface area contributed by atoms with Gasteiger partial charge in [0.15, 0.2) is 0 Å². The third-order valence-electron chi connectivity index (χ3n) is 4.54. The molecule has 1 saturated carbocycles. The van der Waals surface area contributed by atoms with Gasteiger partial charge in [-0.3, -0.25) is 4.79 Å². The highest BCUT2D eigenvalue weighted by molar-refractivity contribution is 5.81. The van der Waals surface area contributed by atoms with Gasteiger partial charge >= 0.3 is 6.18 Å². The third kappa shape index (κ3) is 4.13. The zero-order valence-corrected chi connectivity index (χ0v) is 12.9. The van der Waals surface area contributed by atoms with E-state index in [4.69, 9.17) is 9.47 Å². The summed E-state index contributed by atoms with van der Waals surface area (Å²) in [6.07, 6.45) is -1.97. The fourth-order valence-electron chi connectivity index (χ4n) is 3.08. The Morgan fingerprint density at radius 2 is 2.00 bits per heavy atom. The van der Waals surface area contributed by atoms with Crippen molar-refractivity contribution in [2.45, 2.75) is 75.8 Å². The largest absolute Gasteiger partial charge is 0.411 e. The van der Waals surface area contributed by atoms with Crippen molar-refractivity contribution < 1.29 is 27.4 Å². The molecular formula is C15H24F3NO3. The average Bonchev–Trinajstić information content (AvgIpc) is 2.97. The molecular weight excluding hydrogens is 299 g/mol. The Labute approximate surface area is 128 Å². The first-order valence-electron chi connectivity index (χ1n) is 7.96. The quantitative estimate of drug-likeness (QED) is 0.846. The van der Waals surface area contributed by atoms with Crippen molar-refractivity contribution in [3.05, 3.63) is 0 Å². The summed E-state index contributed by atoms with van der Waals surface area (Å²) < 4.78 is 50.9. The van der Waals surface area contributed by atoms with Crippen molar-refractivity contribution in [3.8, 4) is 0 Å². The van der Waals surface area contributed by atoms with Crippen LogP contribution in [0.4, 0.5) is 13.2 Å². The van der Waals surface area contributed by atoms with Gasteiger partial charge in [0, 0.05) is 6.61 Å². The summed E-state index contributed by atoms with van der Waals surface area (Å²) in [6.45, 7) is 2.40. The summed E-state index contributed by atoms with van der Waals surface area (Å²) in [6, 6.07) is 0. The lowest BCUT2D eigenvalue weighted by atomic mass is 9.81. The number of carbonyl (C=O) groups is 1. The molecule has 0 unspecified atom stereocenters. The molecule has 0 aromatic carbocycles. The number of hydrogen-bond acceptors (Lipinski definition) is 3. The molecule has 2 aliphatic rings. The van der Waals surface area contributed by atoms with Crippen molar-refractivity contribution in [2.24, 2.45) is 0 Å². The Morgan fingerprint density at radius 1 is 1.32 bits per heavy atom. The van der Waals surface area contributed by atoms with Crippen molar-refractivity contribution in [1.82, 2.24) is 5.32 Å². The number of rotatable bonds is 5. The molecule has 7 heteroatoms. The molecule has 2 rings (SSSR count). The molecule has 0 radical (unpaired) electrons. The zero-order valence-electron chi connectivity index (χ0n) is 12.9. The molecule has 22 heavy (non-hydrogen) atoms. The Kier molecular flexibility index (Phi) is 5.71. The molecule has 0 bridgehead atoms. The summed E-state index contributed by atoms with van der Waals surface area (Å²) in [5.74, 6) is -0.697. The maximum absolute atomic E-state index is 13.4. The standard InChI is InChI=1S/C15H24F3NO3/c1-11(22-10-12-6-5-9-21-12)13(20)19-14(15(16,17)18)7-3-2-4-8-14/h11-12H,2-10H2,1H3,(H,19,20)/t11-,12-/m0/s1. The van der Waals surface area contributed by atoms with E-state index in [2.05, 4.69) is 5.32 Å². The van der Waals surface area contributed by atoms with Gasteiger partial charge < -0.3 is 14.8 Å². The molecule has 2 atom stereocenters. The lowest BCUT2D eigenvalue weighted by Crippen LogP contribution is -2.61. The molecule has 0 aromatic rings. The monoisotopic (exact) mass is 323 g/mol. The maximum atomic E-state index is 13.4. The Hall–Kier alpha value is -0.820. The smallest absolute Gasteiger partial charge is 0.376 e. The van der Waals surface area contributed by atoms with Crippen LogP contribution in [-0.2, 0) is 14.3 Å². The average molecular weight is 323 g/mol. The van der Waals surface area contributed by atoms with Crippen molar-refractivity contribution in [2.75, 3.05) is 13.2 Å². The molecule has 1 N–H and O–H groups in total. The molecule has 128 valence electrons. The van der Waals surface area contributed by atoms with Gasteiger partial charge in [-0.25, -0.2) is 0 Å². The predicted molar refractivity (Wildman–Crippen MR) is 74.4 cm³/mol. The summed E-state index contributed by atoms with van der Waals surface area (Å²) in [7, 11) is 0. The molecule has 2 fully saturated rings. The highest BCUT2D eigenvalue weighted by atomic mass is 19.4. The van der Waals surface area contributed by atoms with Crippen LogP contribution >= 0.6 is 0 Å². The highest BCUT2D eigenvalue weighted by Gasteiger charge is 2.55. The first-order valence-corrected chi connectivity index (χ1v) is 7.96. The van der Waals surface area contributed by atoms with Gasteiger partial charge in [-0.15, -0.1) is 0 Å². The van der Waals surface area contributed by atoms with E-state index in [0.717, 1.165) is 19.3 Å². The Morgan fingerprint density at radius 3 is 2.55 bits per heavy atom. The van der Waals surface area contributed by atoms with E-state index in [0.29, 0.717) is 19.4 Å². The minimum absolute atomic E-state index is 0.0542. The molecule has 1 aliphatic heterocycles. The minimum atomic E-state index is -4.43. The van der Waals surface area contributed by atoms with Gasteiger partial charge in [0.1, 0.15) is 11.6 Å². The molecule has 4 nitrogen and oxygen atoms in total. The predicted octanol–water partition coefficient (Wildman–Crippen LogP) is 2.95. The van der Waals surface area contributed by atoms with Crippen molar-refractivity contribution >= 4 is 5.91 Å². The van der Waals surface area contributed by atoms with Crippen LogP contribution in [0.3, 0.4) is 0 Å². The number of alkyl halides is 3. The van der Waals surface area contributed by atoms with Gasteiger partial charge in [-0.1, -0.05) is 19.3 Å². The molecule has 0 aromatic heterocycles. The van der Waals surface area contributed by atoms with Crippen LogP contribution in [0, 0.1) is 0 Å². The van der Waals surface area contributed by atoms with Gasteiger partial charge in [0.25, 0.3) is 0 Å². The number of ether oxygens (including phenoxy) is 2. The van der Waals surface area contributed by atoms with Gasteiger partial charge in [0.2, 0.25) is 5.91 Å². The van der Waals surface area contributed by atoms with Crippen LogP contribution in [0.2, 0.25) is 0 Å². The van der Waals surface area contributed by atoms with Gasteiger partial charge in [-0.05, 0) is 32.6 Å². The highest BCUT2D eigenvalue weighted by Crippen LogP contribution is 2.41. The van der Waals surface area contributed by atoms with Crippen LogP contribution in [0.1, 0.15) is 51.9 Å². The van der Waals surface area contributed by atoms with Crippen LogP contribution in [-0.4, -0.2) is 43.0 Å². The number of hydrogen-bond donors (Lipinski definition) is 1. The Balaban J connectivity index is 1.89. The maximum Gasteiger partial charge on any atom is 0.411 e. The number of amides is 1. The van der Waals surface area contributed by atoms with E-state index >= 15 is 0 Å². The SMILES string of the molecule is C[C@H](OC[C@@H]1CCCO1)C(=O)NC1(C(F)(F)F)CCCCC1. The third-order valence-corrected chi connectivity index (χ3v) is 4.54. The second kappa shape index (κ2) is 7.17. The van der Waals surface area contributed by atoms with E-state index in [1.165, 1.54) is 6.92 Å². The minimum Gasteiger partial charge on any atom is -0.376 e. The fourth-order valence-corrected chi connectivity index (χ4v) is 3.08. The summed E-state index contributed by atoms with van der Waals surface area (Å²) in [4.78, 5) is 12.1. The van der Waals surface area contributed by atoms with Crippen LogP contribution in [0.25, 0.3) is 0 Å². The lowest BCUT2D eigenvalue weighted by molar-refractivity contribution is -0.208. The number of carbonyl (C=O) groups excluding carboxylic acids is 1. The zero-order chi connectivity index (χ0) is 16.2. The molecule has 1 heterocycles. The summed E-state index contributed by atoms with van der Waals surface area (Å²) in [5.41, 5.74) is -2.09. The second-order valence-electron chi connectivity index (χ2n) is 6.24. The fraction of sp³-hybridized carbons (Fsp3) is 0.933. The van der Waals surface area contributed by atoms with Crippen molar-refractivity contribution in [3.63, 3.8) is 0 Å². The number of halogens is 3. The first kappa shape index (κ1) is 17.5. The van der Waals surface area contributed by atoms with Gasteiger partial charge in [0.05, 0.1) is 12.7 Å². The van der Waals surface area contributed by atoms with Gasteiger partial charge in [-0.2, -0.15) is 13.2 Å². The topological polar surface area (TPSA) is 47.6 Å². The summed E-state index contributed by atoms with van der Waals surface area (Å²) >= 11 is 0. The van der Waals surface area contributed by atoms with E-state index in [9.17, 15) is 18.0 Å². The molecule has 1 saturated heterocycles. The normalized spacial score (nSPS) is 26.6. The molecule has 0 spiro atoms.